The number of benzene rings is 2. The Kier molecular flexibility index (Phi) is 3.72. The third-order valence-electron chi connectivity index (χ3n) is 3.58. The highest BCUT2D eigenvalue weighted by atomic mass is 16.6. The predicted octanol–water partition coefficient (Wildman–Crippen LogP) is 2.90. The van der Waals surface area contributed by atoms with E-state index < -0.39 is 4.92 Å². The molecular formula is C17H12N2O4. The SMILES string of the molecule is O=C1c2ccccc2C(=O)N1C/C=C/c1ccc([N+](=O)[O-])cc1. The van der Waals surface area contributed by atoms with E-state index in [1.165, 1.54) is 17.0 Å². The first-order chi connectivity index (χ1) is 11.1. The molecule has 1 aliphatic rings. The summed E-state index contributed by atoms with van der Waals surface area (Å²) in [5, 5.41) is 10.6. The maximum atomic E-state index is 12.2. The fourth-order valence-electron chi connectivity index (χ4n) is 2.41. The second-order valence-corrected chi connectivity index (χ2v) is 5.02. The van der Waals surface area contributed by atoms with Crippen molar-refractivity contribution in [3.63, 3.8) is 0 Å². The molecule has 3 rings (SSSR count). The number of carbonyl (C=O) groups excluding carboxylic acids is 2. The Labute approximate surface area is 131 Å². The van der Waals surface area contributed by atoms with Crippen LogP contribution < -0.4 is 0 Å². The molecule has 0 atom stereocenters. The summed E-state index contributed by atoms with van der Waals surface area (Å²) in [5.41, 5.74) is 1.61. The molecule has 6 nitrogen and oxygen atoms in total. The summed E-state index contributed by atoms with van der Waals surface area (Å²) in [6, 6.07) is 12.7. The lowest BCUT2D eigenvalue weighted by atomic mass is 10.1. The van der Waals surface area contributed by atoms with E-state index in [2.05, 4.69) is 0 Å². The minimum Gasteiger partial charge on any atom is -0.270 e. The first-order valence-electron chi connectivity index (χ1n) is 6.94. The lowest BCUT2D eigenvalue weighted by molar-refractivity contribution is -0.384. The van der Waals surface area contributed by atoms with Gasteiger partial charge in [0.25, 0.3) is 17.5 Å². The molecule has 114 valence electrons. The Hall–Kier alpha value is -3.28. The van der Waals surface area contributed by atoms with Crippen molar-refractivity contribution >= 4 is 23.6 Å². The van der Waals surface area contributed by atoms with Crippen LogP contribution in [0.5, 0.6) is 0 Å². The number of nitro groups is 1. The topological polar surface area (TPSA) is 80.5 Å². The highest BCUT2D eigenvalue weighted by Crippen LogP contribution is 2.22. The van der Waals surface area contributed by atoms with Crippen LogP contribution in [0.2, 0.25) is 0 Å². The number of hydrogen-bond donors (Lipinski definition) is 0. The van der Waals surface area contributed by atoms with Crippen molar-refractivity contribution in [2.24, 2.45) is 0 Å². The van der Waals surface area contributed by atoms with Gasteiger partial charge in [-0.3, -0.25) is 24.6 Å². The van der Waals surface area contributed by atoms with Gasteiger partial charge in [-0.1, -0.05) is 24.3 Å². The molecule has 1 heterocycles. The Morgan fingerprint density at radius 3 is 2.04 bits per heavy atom. The molecule has 23 heavy (non-hydrogen) atoms. The summed E-state index contributed by atoms with van der Waals surface area (Å²) in [6.45, 7) is 0.156. The monoisotopic (exact) mass is 308 g/mol. The van der Waals surface area contributed by atoms with Crippen LogP contribution >= 0.6 is 0 Å². The zero-order valence-electron chi connectivity index (χ0n) is 12.0. The van der Waals surface area contributed by atoms with Gasteiger partial charge in [0, 0.05) is 18.7 Å². The molecule has 1 aliphatic heterocycles. The van der Waals surface area contributed by atoms with Crippen molar-refractivity contribution in [2.75, 3.05) is 6.54 Å². The van der Waals surface area contributed by atoms with E-state index in [1.807, 2.05) is 0 Å². The number of nitrogens with zero attached hydrogens (tertiary/aromatic N) is 2. The van der Waals surface area contributed by atoms with Crippen molar-refractivity contribution in [3.05, 3.63) is 81.4 Å². The Balaban J connectivity index is 1.70. The van der Waals surface area contributed by atoms with Crippen LogP contribution in [0.25, 0.3) is 6.08 Å². The first-order valence-corrected chi connectivity index (χ1v) is 6.94. The lowest BCUT2D eigenvalue weighted by Gasteiger charge is -2.10. The third kappa shape index (κ3) is 2.74. The van der Waals surface area contributed by atoms with Gasteiger partial charge in [0.1, 0.15) is 0 Å². The minimum absolute atomic E-state index is 0.0162. The first kappa shape index (κ1) is 14.6. The zero-order chi connectivity index (χ0) is 16.4. The van der Waals surface area contributed by atoms with Gasteiger partial charge in [0.2, 0.25) is 0 Å². The maximum absolute atomic E-state index is 12.2. The average molecular weight is 308 g/mol. The van der Waals surface area contributed by atoms with Crippen LogP contribution in [0.1, 0.15) is 26.3 Å². The summed E-state index contributed by atoms with van der Waals surface area (Å²) < 4.78 is 0. The molecule has 0 bridgehead atoms. The lowest BCUT2D eigenvalue weighted by Crippen LogP contribution is -2.29. The summed E-state index contributed by atoms with van der Waals surface area (Å²) >= 11 is 0. The normalized spacial score (nSPS) is 13.7. The van der Waals surface area contributed by atoms with Crippen LogP contribution in [0, 0.1) is 10.1 Å². The van der Waals surface area contributed by atoms with Crippen LogP contribution in [-0.4, -0.2) is 28.2 Å². The minimum atomic E-state index is -0.466. The van der Waals surface area contributed by atoms with Crippen LogP contribution in [0.3, 0.4) is 0 Å². The Morgan fingerprint density at radius 2 is 1.52 bits per heavy atom. The van der Waals surface area contributed by atoms with Gasteiger partial charge in [0.05, 0.1) is 16.1 Å². The molecule has 0 fully saturated rings. The number of carbonyl (C=O) groups is 2. The fourth-order valence-corrected chi connectivity index (χ4v) is 2.41. The van der Waals surface area contributed by atoms with Crippen LogP contribution in [0.4, 0.5) is 5.69 Å². The van der Waals surface area contributed by atoms with Crippen LogP contribution in [0.15, 0.2) is 54.6 Å². The van der Waals surface area contributed by atoms with E-state index in [0.717, 1.165) is 5.56 Å². The molecule has 2 aromatic carbocycles. The predicted molar refractivity (Wildman–Crippen MR) is 83.9 cm³/mol. The molecule has 6 heteroatoms. The molecule has 0 aromatic heterocycles. The standard InChI is InChI=1S/C17H12N2O4/c20-16-14-5-1-2-6-15(14)17(21)18(16)11-3-4-12-7-9-13(10-8-12)19(22)23/h1-10H,11H2/b4-3+. The van der Waals surface area contributed by atoms with Crippen molar-refractivity contribution < 1.29 is 14.5 Å². The molecule has 0 unspecified atom stereocenters. The summed E-state index contributed by atoms with van der Waals surface area (Å²) in [7, 11) is 0. The molecular weight excluding hydrogens is 296 g/mol. The van der Waals surface area contributed by atoms with Crippen LogP contribution in [-0.2, 0) is 0 Å². The second kappa shape index (κ2) is 5.84. The summed E-state index contributed by atoms with van der Waals surface area (Å²) in [4.78, 5) is 35.6. The maximum Gasteiger partial charge on any atom is 0.269 e. The third-order valence-corrected chi connectivity index (χ3v) is 3.58. The Bertz CT molecular complexity index is 790. The van der Waals surface area contributed by atoms with Crippen molar-refractivity contribution in [3.8, 4) is 0 Å². The van der Waals surface area contributed by atoms with Crippen molar-refractivity contribution in [1.29, 1.82) is 0 Å². The molecule has 2 amide bonds. The zero-order valence-corrected chi connectivity index (χ0v) is 12.0. The van der Waals surface area contributed by atoms with Crippen molar-refractivity contribution in [1.82, 2.24) is 4.90 Å². The van der Waals surface area contributed by atoms with Gasteiger partial charge < -0.3 is 0 Å². The van der Waals surface area contributed by atoms with E-state index in [9.17, 15) is 19.7 Å². The van der Waals surface area contributed by atoms with Gasteiger partial charge >= 0.3 is 0 Å². The van der Waals surface area contributed by atoms with E-state index >= 15 is 0 Å². The van der Waals surface area contributed by atoms with Gasteiger partial charge in [-0.25, -0.2) is 0 Å². The number of imide groups is 1. The molecule has 0 spiro atoms. The summed E-state index contributed by atoms with van der Waals surface area (Å²) in [5.74, 6) is -0.613. The average Bonchev–Trinajstić information content (AvgIpc) is 2.81. The molecule has 0 aliphatic carbocycles. The highest BCUT2D eigenvalue weighted by Gasteiger charge is 2.33. The number of nitro benzene ring substituents is 1. The Morgan fingerprint density at radius 1 is 0.957 bits per heavy atom. The largest absolute Gasteiger partial charge is 0.270 e. The fraction of sp³-hybridized carbons (Fsp3) is 0.0588. The summed E-state index contributed by atoms with van der Waals surface area (Å²) in [6.07, 6.45) is 3.40. The van der Waals surface area contributed by atoms with E-state index in [0.29, 0.717) is 11.1 Å². The molecule has 2 aromatic rings. The smallest absolute Gasteiger partial charge is 0.269 e. The van der Waals surface area contributed by atoms with Gasteiger partial charge in [-0.05, 0) is 29.8 Å². The number of amides is 2. The highest BCUT2D eigenvalue weighted by molar-refractivity contribution is 6.21. The van der Waals surface area contributed by atoms with Gasteiger partial charge in [0.15, 0.2) is 0 Å². The molecule has 0 radical (unpaired) electrons. The molecule has 0 saturated carbocycles. The molecule has 0 saturated heterocycles. The number of hydrogen-bond acceptors (Lipinski definition) is 4. The quantitative estimate of drug-likeness (QED) is 0.494. The van der Waals surface area contributed by atoms with E-state index in [1.54, 1.807) is 48.6 Å². The van der Waals surface area contributed by atoms with Gasteiger partial charge in [-0.2, -0.15) is 0 Å². The van der Waals surface area contributed by atoms with E-state index in [-0.39, 0.29) is 24.0 Å². The van der Waals surface area contributed by atoms with Crippen molar-refractivity contribution in [2.45, 2.75) is 0 Å². The van der Waals surface area contributed by atoms with E-state index in [4.69, 9.17) is 0 Å². The van der Waals surface area contributed by atoms with Gasteiger partial charge in [-0.15, -0.1) is 0 Å². The second-order valence-electron chi connectivity index (χ2n) is 5.02. The number of rotatable bonds is 4. The molecule has 0 N–H and O–H groups in total. The number of fused-ring (bicyclic) bond motifs is 1. The number of non-ortho nitro benzene ring substituents is 1.